The van der Waals surface area contributed by atoms with Gasteiger partial charge in [0.05, 0.1) is 12.6 Å². The Labute approximate surface area is 165 Å². The second-order valence-electron chi connectivity index (χ2n) is 7.10. The average molecular weight is 420 g/mol. The average Bonchev–Trinajstić information content (AvgIpc) is 2.94. The normalized spacial score (nSPS) is 28.5. The first-order chi connectivity index (χ1) is 11.0. The van der Waals surface area contributed by atoms with E-state index in [0.29, 0.717) is 6.54 Å². The highest BCUT2D eigenvalue weighted by Gasteiger charge is 2.43. The predicted molar refractivity (Wildman–Crippen MR) is 104 cm³/mol. The molecule has 4 nitrogen and oxygen atoms in total. The van der Waals surface area contributed by atoms with Gasteiger partial charge in [-0.3, -0.25) is 15.0 Å². The first-order valence-corrected chi connectivity index (χ1v) is 9.88. The summed E-state index contributed by atoms with van der Waals surface area (Å²) in [5.41, 5.74) is 0.0377. The van der Waals surface area contributed by atoms with Gasteiger partial charge in [0, 0.05) is 43.1 Å². The first-order valence-electron chi connectivity index (χ1n) is 8.73. The lowest BCUT2D eigenvalue weighted by Crippen LogP contribution is -2.59. The molecule has 1 aliphatic carbocycles. The van der Waals surface area contributed by atoms with Gasteiger partial charge in [-0.1, -0.05) is 19.3 Å². The van der Waals surface area contributed by atoms with Crippen molar-refractivity contribution in [3.05, 3.63) is 0 Å². The van der Waals surface area contributed by atoms with Crippen molar-refractivity contribution in [2.45, 2.75) is 56.0 Å². The Kier molecular flexibility index (Phi) is 9.22. The summed E-state index contributed by atoms with van der Waals surface area (Å²) < 4.78 is 26.5. The molecule has 0 aromatic carbocycles. The van der Waals surface area contributed by atoms with Crippen LogP contribution in [0.25, 0.3) is 0 Å². The van der Waals surface area contributed by atoms with Gasteiger partial charge >= 0.3 is 0 Å². The monoisotopic (exact) mass is 419 g/mol. The molecule has 25 heavy (non-hydrogen) atoms. The van der Waals surface area contributed by atoms with Gasteiger partial charge in [0.15, 0.2) is 0 Å². The largest absolute Gasteiger partial charge is 0.353 e. The number of thioether (sulfide) groups is 1. The van der Waals surface area contributed by atoms with Crippen molar-refractivity contribution >= 4 is 42.5 Å². The standard InChI is InChI=1S/C16H27F2N3OS.2ClH/c17-16(18)10-13(19-12-16)14(22)20-11-15(4-2-1-3-5-15)21-6-8-23-9-7-21;;/h13,19H,1-12H2,(H,20,22);2*1H. The van der Waals surface area contributed by atoms with Crippen LogP contribution in [0.4, 0.5) is 8.78 Å². The Hall–Kier alpha value is 0.180. The zero-order valence-corrected chi connectivity index (χ0v) is 16.8. The molecule has 1 atom stereocenters. The predicted octanol–water partition coefficient (Wildman–Crippen LogP) is 2.70. The van der Waals surface area contributed by atoms with Gasteiger partial charge < -0.3 is 5.32 Å². The van der Waals surface area contributed by atoms with E-state index < -0.39 is 12.0 Å². The number of rotatable bonds is 4. The fraction of sp³-hybridized carbons (Fsp3) is 0.938. The van der Waals surface area contributed by atoms with E-state index in [0.717, 1.165) is 37.4 Å². The quantitative estimate of drug-likeness (QED) is 0.734. The highest BCUT2D eigenvalue weighted by atomic mass is 35.5. The summed E-state index contributed by atoms with van der Waals surface area (Å²) in [5.74, 6) is -0.731. The number of amides is 1. The number of alkyl halides is 2. The summed E-state index contributed by atoms with van der Waals surface area (Å²) in [4.78, 5) is 14.8. The van der Waals surface area contributed by atoms with Crippen molar-refractivity contribution in [1.82, 2.24) is 15.5 Å². The molecular formula is C16H29Cl2F2N3OS. The molecule has 0 spiro atoms. The Morgan fingerprint density at radius 1 is 1.16 bits per heavy atom. The number of hydrogen-bond donors (Lipinski definition) is 2. The topological polar surface area (TPSA) is 44.4 Å². The number of halogens is 4. The summed E-state index contributed by atoms with van der Waals surface area (Å²) in [7, 11) is 0. The van der Waals surface area contributed by atoms with Crippen molar-refractivity contribution in [1.29, 1.82) is 0 Å². The third-order valence-electron chi connectivity index (χ3n) is 5.48. The maximum absolute atomic E-state index is 13.3. The molecule has 3 fully saturated rings. The highest BCUT2D eigenvalue weighted by molar-refractivity contribution is 7.99. The highest BCUT2D eigenvalue weighted by Crippen LogP contribution is 2.35. The lowest BCUT2D eigenvalue weighted by atomic mass is 9.80. The van der Waals surface area contributed by atoms with Crippen LogP contribution in [0.2, 0.25) is 0 Å². The van der Waals surface area contributed by atoms with Crippen LogP contribution >= 0.6 is 36.6 Å². The van der Waals surface area contributed by atoms with Crippen molar-refractivity contribution in [2.24, 2.45) is 0 Å². The molecule has 0 bridgehead atoms. The Morgan fingerprint density at radius 2 is 1.80 bits per heavy atom. The summed E-state index contributed by atoms with van der Waals surface area (Å²) in [6.45, 7) is 2.35. The maximum Gasteiger partial charge on any atom is 0.262 e. The van der Waals surface area contributed by atoms with E-state index in [-0.39, 0.29) is 49.2 Å². The zero-order chi connectivity index (χ0) is 16.3. The molecule has 1 saturated carbocycles. The zero-order valence-electron chi connectivity index (χ0n) is 14.4. The summed E-state index contributed by atoms with van der Waals surface area (Å²) in [6.07, 6.45) is 5.47. The second kappa shape index (κ2) is 9.93. The number of carbonyl (C=O) groups is 1. The van der Waals surface area contributed by atoms with Crippen molar-refractivity contribution < 1.29 is 13.6 Å². The van der Waals surface area contributed by atoms with Crippen molar-refractivity contribution in [2.75, 3.05) is 37.7 Å². The maximum atomic E-state index is 13.3. The molecule has 1 unspecified atom stereocenters. The first kappa shape index (κ1) is 23.2. The Morgan fingerprint density at radius 3 is 2.36 bits per heavy atom. The second-order valence-corrected chi connectivity index (χ2v) is 8.32. The summed E-state index contributed by atoms with van der Waals surface area (Å²) in [6, 6.07) is -0.748. The van der Waals surface area contributed by atoms with E-state index in [4.69, 9.17) is 0 Å². The van der Waals surface area contributed by atoms with Crippen LogP contribution < -0.4 is 10.6 Å². The van der Waals surface area contributed by atoms with Gasteiger partial charge in [0.2, 0.25) is 5.91 Å². The molecule has 148 valence electrons. The van der Waals surface area contributed by atoms with Gasteiger partial charge in [-0.05, 0) is 12.8 Å². The minimum Gasteiger partial charge on any atom is -0.353 e. The molecule has 2 heterocycles. The van der Waals surface area contributed by atoms with Crippen molar-refractivity contribution in [3.63, 3.8) is 0 Å². The van der Waals surface area contributed by atoms with E-state index >= 15 is 0 Å². The molecule has 0 aromatic heterocycles. The number of nitrogens with zero attached hydrogens (tertiary/aromatic N) is 1. The van der Waals surface area contributed by atoms with Gasteiger partial charge in [0.25, 0.3) is 5.92 Å². The Bertz CT molecular complexity index is 434. The fourth-order valence-electron chi connectivity index (χ4n) is 4.13. The summed E-state index contributed by atoms with van der Waals surface area (Å²) in [5, 5.41) is 5.63. The fourth-order valence-corrected chi connectivity index (χ4v) is 5.03. The van der Waals surface area contributed by atoms with Crippen LogP contribution in [-0.4, -0.2) is 66.0 Å². The lowest BCUT2D eigenvalue weighted by molar-refractivity contribution is -0.124. The SMILES string of the molecule is Cl.Cl.O=C(NCC1(N2CCSCC2)CCCCC1)C1CC(F)(F)CN1. The van der Waals surface area contributed by atoms with Gasteiger partial charge in [-0.25, -0.2) is 8.78 Å². The number of carbonyl (C=O) groups excluding carboxylic acids is 1. The third kappa shape index (κ3) is 5.83. The lowest BCUT2D eigenvalue weighted by Gasteiger charge is -2.48. The minimum absolute atomic E-state index is 0. The molecular weight excluding hydrogens is 391 g/mol. The smallest absolute Gasteiger partial charge is 0.262 e. The third-order valence-corrected chi connectivity index (χ3v) is 6.43. The Balaban J connectivity index is 0.00000156. The van der Waals surface area contributed by atoms with E-state index in [1.165, 1.54) is 19.3 Å². The number of nitrogens with one attached hydrogen (secondary N) is 2. The van der Waals surface area contributed by atoms with E-state index in [1.807, 2.05) is 11.8 Å². The van der Waals surface area contributed by atoms with Crippen LogP contribution in [0, 0.1) is 0 Å². The van der Waals surface area contributed by atoms with E-state index in [9.17, 15) is 13.6 Å². The number of hydrogen-bond acceptors (Lipinski definition) is 4. The molecule has 9 heteroatoms. The molecule has 0 radical (unpaired) electrons. The van der Waals surface area contributed by atoms with Crippen molar-refractivity contribution in [3.8, 4) is 0 Å². The van der Waals surface area contributed by atoms with Crippen LogP contribution in [0.15, 0.2) is 0 Å². The van der Waals surface area contributed by atoms with Gasteiger partial charge in [-0.15, -0.1) is 24.8 Å². The van der Waals surface area contributed by atoms with Crippen LogP contribution in [0.5, 0.6) is 0 Å². The van der Waals surface area contributed by atoms with E-state index in [1.54, 1.807) is 0 Å². The van der Waals surface area contributed by atoms with Crippen LogP contribution in [0.3, 0.4) is 0 Å². The van der Waals surface area contributed by atoms with Gasteiger partial charge in [0.1, 0.15) is 0 Å². The van der Waals surface area contributed by atoms with E-state index in [2.05, 4.69) is 15.5 Å². The summed E-state index contributed by atoms with van der Waals surface area (Å²) >= 11 is 1.98. The molecule has 0 aromatic rings. The molecule has 1 amide bonds. The molecule has 3 aliphatic rings. The van der Waals surface area contributed by atoms with Gasteiger partial charge in [-0.2, -0.15) is 11.8 Å². The molecule has 2 saturated heterocycles. The molecule has 2 aliphatic heterocycles. The minimum atomic E-state index is -2.76. The van der Waals surface area contributed by atoms with Crippen LogP contribution in [0.1, 0.15) is 38.5 Å². The molecule has 3 rings (SSSR count). The van der Waals surface area contributed by atoms with Crippen LogP contribution in [-0.2, 0) is 4.79 Å². The molecule has 2 N–H and O–H groups in total.